The molecule has 2 aromatic carbocycles. The molecule has 0 atom stereocenters. The number of nitrogens with two attached hydrogens (primary N) is 1. The van der Waals surface area contributed by atoms with Crippen LogP contribution in [0.4, 0.5) is 21.1 Å². The number of amides is 4. The summed E-state index contributed by atoms with van der Waals surface area (Å²) in [5.74, 6) is 0.359. The lowest BCUT2D eigenvalue weighted by atomic mass is 10.1. The number of anilines is 2. The zero-order valence-electron chi connectivity index (χ0n) is 12.6. The zero-order valence-corrected chi connectivity index (χ0v) is 12.6. The molecule has 0 saturated carbocycles. The van der Waals surface area contributed by atoms with Gasteiger partial charge in [0.1, 0.15) is 5.82 Å². The van der Waals surface area contributed by atoms with Gasteiger partial charge >= 0.3 is 12.1 Å². The molecule has 0 saturated heterocycles. The van der Waals surface area contributed by atoms with Crippen molar-refractivity contribution in [1.82, 2.24) is 10.4 Å². The van der Waals surface area contributed by atoms with Gasteiger partial charge in [-0.2, -0.15) is 0 Å². The molecule has 0 unspecified atom stereocenters. The van der Waals surface area contributed by atoms with Gasteiger partial charge in [0.15, 0.2) is 0 Å². The molecule has 24 heavy (non-hydrogen) atoms. The Balaban J connectivity index is 1.87. The van der Waals surface area contributed by atoms with Crippen LogP contribution in [0.2, 0.25) is 0 Å². The number of fused-ring (bicyclic) bond motifs is 1. The third kappa shape index (κ3) is 3.25. The highest BCUT2D eigenvalue weighted by atomic mass is 16.2. The van der Waals surface area contributed by atoms with Gasteiger partial charge in [-0.05, 0) is 23.6 Å². The summed E-state index contributed by atoms with van der Waals surface area (Å²) in [7, 11) is 0. The number of aromatic nitrogens is 1. The van der Waals surface area contributed by atoms with Crippen molar-refractivity contribution in [2.24, 2.45) is 5.73 Å². The molecule has 0 spiro atoms. The van der Waals surface area contributed by atoms with Gasteiger partial charge in [-0.3, -0.25) is 5.32 Å². The quantitative estimate of drug-likeness (QED) is 0.633. The van der Waals surface area contributed by atoms with Crippen molar-refractivity contribution in [3.8, 4) is 0 Å². The Labute approximate surface area is 138 Å². The van der Waals surface area contributed by atoms with Gasteiger partial charge in [0.05, 0.1) is 5.69 Å². The third-order valence-electron chi connectivity index (χ3n) is 3.35. The normalized spacial score (nSPS) is 10.2. The van der Waals surface area contributed by atoms with Gasteiger partial charge in [-0.25, -0.2) is 25.0 Å². The van der Waals surface area contributed by atoms with Crippen LogP contribution in [-0.4, -0.2) is 17.0 Å². The summed E-state index contributed by atoms with van der Waals surface area (Å²) < 4.78 is 0. The van der Waals surface area contributed by atoms with E-state index in [1.807, 2.05) is 30.3 Å². The minimum absolute atomic E-state index is 0.359. The maximum atomic E-state index is 12.1. The Kier molecular flexibility index (Phi) is 4.24. The number of nitrogens with zero attached hydrogens (tertiary/aromatic N) is 2. The molecular weight excluding hydrogens is 306 g/mol. The number of hydrogen-bond acceptors (Lipinski definition) is 3. The predicted molar refractivity (Wildman–Crippen MR) is 92.4 cm³/mol. The van der Waals surface area contributed by atoms with E-state index in [-0.39, 0.29) is 0 Å². The summed E-state index contributed by atoms with van der Waals surface area (Å²) in [5.41, 5.74) is 8.36. The maximum Gasteiger partial charge on any atom is 0.339 e. The van der Waals surface area contributed by atoms with Crippen molar-refractivity contribution in [2.75, 3.05) is 10.3 Å². The summed E-state index contributed by atoms with van der Waals surface area (Å²) in [5, 5.41) is 5.25. The van der Waals surface area contributed by atoms with Crippen LogP contribution in [0.5, 0.6) is 0 Å². The first kappa shape index (κ1) is 15.3. The van der Waals surface area contributed by atoms with E-state index < -0.39 is 12.1 Å². The molecule has 0 bridgehead atoms. The number of nitrogens with one attached hydrogen (secondary N) is 2. The molecule has 4 amide bonds. The molecule has 4 N–H and O–H groups in total. The average Bonchev–Trinajstić information content (AvgIpc) is 2.60. The van der Waals surface area contributed by atoms with Gasteiger partial charge in [-0.15, -0.1) is 0 Å². The summed E-state index contributed by atoms with van der Waals surface area (Å²) in [6, 6.07) is 16.6. The minimum Gasteiger partial charge on any atom is -0.350 e. The molecule has 1 heterocycles. The third-order valence-corrected chi connectivity index (χ3v) is 3.35. The molecule has 0 aliphatic rings. The first-order valence-corrected chi connectivity index (χ1v) is 7.21. The number of pyridine rings is 1. The second kappa shape index (κ2) is 6.66. The highest BCUT2D eigenvalue weighted by Crippen LogP contribution is 2.25. The van der Waals surface area contributed by atoms with Gasteiger partial charge in [0, 0.05) is 11.6 Å². The van der Waals surface area contributed by atoms with Crippen LogP contribution in [0.1, 0.15) is 0 Å². The van der Waals surface area contributed by atoms with Crippen LogP contribution in [0.25, 0.3) is 10.8 Å². The van der Waals surface area contributed by atoms with E-state index in [0.717, 1.165) is 15.8 Å². The fraction of sp³-hybridized carbons (Fsp3) is 0. The van der Waals surface area contributed by atoms with Gasteiger partial charge in [-0.1, -0.05) is 42.5 Å². The van der Waals surface area contributed by atoms with E-state index in [1.54, 1.807) is 36.5 Å². The van der Waals surface area contributed by atoms with Gasteiger partial charge in [0.25, 0.3) is 0 Å². The number of hydrazine groups is 1. The van der Waals surface area contributed by atoms with E-state index in [0.29, 0.717) is 11.5 Å². The molecule has 1 aromatic heterocycles. The van der Waals surface area contributed by atoms with Crippen molar-refractivity contribution < 1.29 is 9.59 Å². The highest BCUT2D eigenvalue weighted by Gasteiger charge is 2.18. The lowest BCUT2D eigenvalue weighted by Crippen LogP contribution is -2.50. The molecule has 3 aromatic rings. The topological polar surface area (TPSA) is 100 Å². The molecule has 0 aliphatic carbocycles. The van der Waals surface area contributed by atoms with Crippen LogP contribution in [0.15, 0.2) is 66.9 Å². The van der Waals surface area contributed by atoms with Crippen molar-refractivity contribution >= 4 is 34.3 Å². The Morgan fingerprint density at radius 2 is 1.71 bits per heavy atom. The highest BCUT2D eigenvalue weighted by molar-refractivity contribution is 6.04. The lowest BCUT2D eigenvalue weighted by molar-refractivity contribution is 0.242. The molecule has 7 heteroatoms. The summed E-state index contributed by atoms with van der Waals surface area (Å²) in [6.07, 6.45) is 1.55. The monoisotopic (exact) mass is 321 g/mol. The molecule has 0 aliphatic heterocycles. The van der Waals surface area contributed by atoms with E-state index in [2.05, 4.69) is 15.7 Å². The molecule has 0 fully saturated rings. The number of hydrogen-bond donors (Lipinski definition) is 3. The average molecular weight is 321 g/mol. The SMILES string of the molecule is NC(=O)N(NC(=O)Nc1ccccn1)c1cccc2ccccc12. The number of rotatable bonds is 2. The zero-order chi connectivity index (χ0) is 16.9. The fourth-order valence-electron chi connectivity index (χ4n) is 2.32. The van der Waals surface area contributed by atoms with Crippen molar-refractivity contribution in [1.29, 1.82) is 0 Å². The predicted octanol–water partition coefficient (Wildman–Crippen LogP) is 2.86. The Morgan fingerprint density at radius 1 is 0.958 bits per heavy atom. The number of carbonyl (C=O) groups excluding carboxylic acids is 2. The number of urea groups is 2. The Morgan fingerprint density at radius 3 is 2.46 bits per heavy atom. The van der Waals surface area contributed by atoms with Crippen LogP contribution >= 0.6 is 0 Å². The van der Waals surface area contributed by atoms with E-state index in [1.165, 1.54) is 0 Å². The second-order valence-corrected chi connectivity index (χ2v) is 4.95. The van der Waals surface area contributed by atoms with Gasteiger partial charge < -0.3 is 5.73 Å². The smallest absolute Gasteiger partial charge is 0.339 e. The first-order chi connectivity index (χ1) is 11.6. The van der Waals surface area contributed by atoms with Crippen molar-refractivity contribution in [3.05, 3.63) is 66.9 Å². The Bertz CT molecular complexity index is 877. The maximum absolute atomic E-state index is 12.1. The van der Waals surface area contributed by atoms with E-state index in [9.17, 15) is 9.59 Å². The van der Waals surface area contributed by atoms with Crippen molar-refractivity contribution in [3.63, 3.8) is 0 Å². The second-order valence-electron chi connectivity index (χ2n) is 4.95. The van der Waals surface area contributed by atoms with Crippen LogP contribution in [0, 0.1) is 0 Å². The molecule has 120 valence electrons. The van der Waals surface area contributed by atoms with E-state index >= 15 is 0 Å². The van der Waals surface area contributed by atoms with Crippen LogP contribution in [0.3, 0.4) is 0 Å². The van der Waals surface area contributed by atoms with Crippen LogP contribution < -0.4 is 21.5 Å². The summed E-state index contributed by atoms with van der Waals surface area (Å²) in [4.78, 5) is 27.9. The van der Waals surface area contributed by atoms with Crippen molar-refractivity contribution in [2.45, 2.75) is 0 Å². The minimum atomic E-state index is -0.803. The molecular formula is C17H15N5O2. The molecule has 7 nitrogen and oxygen atoms in total. The van der Waals surface area contributed by atoms with Crippen LogP contribution in [-0.2, 0) is 0 Å². The summed E-state index contributed by atoms with van der Waals surface area (Å²) >= 11 is 0. The number of benzene rings is 2. The largest absolute Gasteiger partial charge is 0.350 e. The summed E-state index contributed by atoms with van der Waals surface area (Å²) in [6.45, 7) is 0. The van der Waals surface area contributed by atoms with Gasteiger partial charge in [0.2, 0.25) is 0 Å². The number of primary amides is 1. The molecule has 3 rings (SSSR count). The molecule has 0 radical (unpaired) electrons. The number of carbonyl (C=O) groups is 2. The lowest BCUT2D eigenvalue weighted by Gasteiger charge is -2.22. The first-order valence-electron chi connectivity index (χ1n) is 7.21. The Hall–Kier alpha value is -3.61. The standard InChI is InChI=1S/C17H15N5O2/c18-16(23)22(21-17(24)20-15-10-3-4-11-19-15)14-9-5-7-12-6-1-2-8-13(12)14/h1-11H,(H2,18,23)(H2,19,20,21,24). The van der Waals surface area contributed by atoms with E-state index in [4.69, 9.17) is 5.73 Å². The fourth-order valence-corrected chi connectivity index (χ4v) is 2.32.